The van der Waals surface area contributed by atoms with Crippen molar-refractivity contribution in [2.45, 2.75) is 70.8 Å². The number of likely N-dealkylation sites (tertiary alicyclic amines) is 1. The molecule has 2 fully saturated rings. The first-order chi connectivity index (χ1) is 18.8. The van der Waals surface area contributed by atoms with E-state index in [4.69, 9.17) is 0 Å². The van der Waals surface area contributed by atoms with Crippen molar-refractivity contribution in [3.63, 3.8) is 0 Å². The van der Waals surface area contributed by atoms with Crippen molar-refractivity contribution in [1.29, 1.82) is 0 Å². The molecule has 7 nitrogen and oxygen atoms in total. The monoisotopic (exact) mass is 545 g/mol. The van der Waals surface area contributed by atoms with E-state index >= 15 is 0 Å². The SMILES string of the molecule is CC(C)(C)c1ccc(C(=O)NC(Cc2ccc(-c3ncc(N4CCCCC4)cn3)cc2)C(=O)N2CCCC2)s1. The van der Waals surface area contributed by atoms with Gasteiger partial charge in [0.2, 0.25) is 5.91 Å². The fraction of sp³-hybridized carbons (Fsp3) is 0.484. The Morgan fingerprint density at radius 3 is 2.15 bits per heavy atom. The first-order valence-electron chi connectivity index (χ1n) is 14.1. The number of nitrogens with zero attached hydrogens (tertiary/aromatic N) is 4. The molecule has 0 spiro atoms. The van der Waals surface area contributed by atoms with Gasteiger partial charge in [-0.05, 0) is 55.2 Å². The second-order valence-electron chi connectivity index (χ2n) is 11.7. The minimum absolute atomic E-state index is 0.00541. The van der Waals surface area contributed by atoms with Crippen LogP contribution in [0.15, 0.2) is 48.8 Å². The molecule has 2 amide bonds. The number of carbonyl (C=O) groups excluding carboxylic acids is 2. The Morgan fingerprint density at radius 1 is 0.897 bits per heavy atom. The standard InChI is InChI=1S/C31H39N5O2S/c1-31(2,3)27-14-13-26(39-27)29(37)34-25(30(38)36-17-7-8-18-36)19-22-9-11-23(12-10-22)28-32-20-24(21-33-28)35-15-5-4-6-16-35/h9-14,20-21,25H,4-8,15-19H2,1-3H3,(H,34,37). The van der Waals surface area contributed by atoms with E-state index in [1.165, 1.54) is 30.6 Å². The second-order valence-corrected chi connectivity index (χ2v) is 12.8. The highest BCUT2D eigenvalue weighted by molar-refractivity contribution is 7.14. The maximum atomic E-state index is 13.4. The predicted octanol–water partition coefficient (Wildman–Crippen LogP) is 5.46. The molecule has 0 saturated carbocycles. The van der Waals surface area contributed by atoms with Gasteiger partial charge in [0.15, 0.2) is 5.82 Å². The lowest BCUT2D eigenvalue weighted by Crippen LogP contribution is -2.48. The summed E-state index contributed by atoms with van der Waals surface area (Å²) in [5, 5.41) is 3.06. The van der Waals surface area contributed by atoms with Crippen LogP contribution in [0.2, 0.25) is 0 Å². The number of nitrogens with one attached hydrogen (secondary N) is 1. The van der Waals surface area contributed by atoms with Crippen LogP contribution in [0.3, 0.4) is 0 Å². The molecule has 2 aliphatic heterocycles. The number of benzene rings is 1. The third-order valence-electron chi connectivity index (χ3n) is 7.60. The number of aromatic nitrogens is 2. The summed E-state index contributed by atoms with van der Waals surface area (Å²) >= 11 is 1.50. The summed E-state index contributed by atoms with van der Waals surface area (Å²) in [5.74, 6) is 0.494. The number of amides is 2. The van der Waals surface area contributed by atoms with Crippen molar-refractivity contribution in [3.05, 3.63) is 64.1 Å². The summed E-state index contributed by atoms with van der Waals surface area (Å²) in [6.07, 6.45) is 10.0. The minimum Gasteiger partial charge on any atom is -0.369 e. The van der Waals surface area contributed by atoms with E-state index < -0.39 is 6.04 Å². The Hall–Kier alpha value is -3.26. The van der Waals surface area contributed by atoms with Crippen molar-refractivity contribution in [2.24, 2.45) is 0 Å². The van der Waals surface area contributed by atoms with E-state index in [-0.39, 0.29) is 17.2 Å². The molecule has 1 N–H and O–H groups in total. The number of anilines is 1. The smallest absolute Gasteiger partial charge is 0.262 e. The van der Waals surface area contributed by atoms with Gasteiger partial charge < -0.3 is 15.1 Å². The molecular formula is C31H39N5O2S. The van der Waals surface area contributed by atoms with Crippen molar-refractivity contribution >= 4 is 28.8 Å². The highest BCUT2D eigenvalue weighted by atomic mass is 32.1. The number of carbonyl (C=O) groups is 2. The highest BCUT2D eigenvalue weighted by Crippen LogP contribution is 2.29. The topological polar surface area (TPSA) is 78.4 Å². The fourth-order valence-electron chi connectivity index (χ4n) is 5.26. The van der Waals surface area contributed by atoms with Gasteiger partial charge in [-0.3, -0.25) is 9.59 Å². The van der Waals surface area contributed by atoms with E-state index in [1.54, 1.807) is 0 Å². The summed E-state index contributed by atoms with van der Waals surface area (Å²) in [6.45, 7) is 10.0. The number of thiophene rings is 1. The molecule has 3 aromatic rings. The molecule has 0 radical (unpaired) electrons. The maximum Gasteiger partial charge on any atom is 0.262 e. The maximum absolute atomic E-state index is 13.4. The van der Waals surface area contributed by atoms with Crippen LogP contribution in [0.1, 0.15) is 73.0 Å². The summed E-state index contributed by atoms with van der Waals surface area (Å²) in [6, 6.07) is 11.3. The number of hydrogen-bond donors (Lipinski definition) is 1. The lowest BCUT2D eigenvalue weighted by Gasteiger charge is -2.28. The number of rotatable bonds is 7. The van der Waals surface area contributed by atoms with Gasteiger partial charge in [-0.15, -0.1) is 11.3 Å². The van der Waals surface area contributed by atoms with Crippen molar-refractivity contribution in [3.8, 4) is 11.4 Å². The van der Waals surface area contributed by atoms with Crippen LogP contribution < -0.4 is 10.2 Å². The molecular weight excluding hydrogens is 506 g/mol. The first-order valence-corrected chi connectivity index (χ1v) is 15.0. The molecule has 5 rings (SSSR count). The molecule has 1 atom stereocenters. The number of hydrogen-bond acceptors (Lipinski definition) is 6. The van der Waals surface area contributed by atoms with Gasteiger partial charge in [0.1, 0.15) is 6.04 Å². The zero-order chi connectivity index (χ0) is 27.4. The molecule has 0 bridgehead atoms. The molecule has 2 saturated heterocycles. The molecule has 4 heterocycles. The van der Waals surface area contributed by atoms with E-state index in [9.17, 15) is 9.59 Å². The van der Waals surface area contributed by atoms with E-state index in [2.05, 4.69) is 41.0 Å². The molecule has 2 aliphatic rings. The van der Waals surface area contributed by atoms with Gasteiger partial charge in [-0.2, -0.15) is 0 Å². The van der Waals surface area contributed by atoms with Crippen molar-refractivity contribution in [1.82, 2.24) is 20.2 Å². The van der Waals surface area contributed by atoms with E-state index in [0.29, 0.717) is 17.1 Å². The summed E-state index contributed by atoms with van der Waals surface area (Å²) < 4.78 is 0. The fourth-order valence-corrected chi connectivity index (χ4v) is 6.23. The highest BCUT2D eigenvalue weighted by Gasteiger charge is 2.29. The predicted molar refractivity (Wildman–Crippen MR) is 157 cm³/mol. The van der Waals surface area contributed by atoms with Crippen LogP contribution in [0, 0.1) is 0 Å². The third-order valence-corrected chi connectivity index (χ3v) is 9.11. The van der Waals surface area contributed by atoms with Crippen LogP contribution in [-0.4, -0.2) is 58.9 Å². The van der Waals surface area contributed by atoms with Crippen LogP contribution in [0.25, 0.3) is 11.4 Å². The first kappa shape index (κ1) is 27.3. The average Bonchev–Trinajstić information content (AvgIpc) is 3.67. The average molecular weight is 546 g/mol. The van der Waals surface area contributed by atoms with Crippen molar-refractivity contribution in [2.75, 3.05) is 31.1 Å². The molecule has 1 unspecified atom stereocenters. The van der Waals surface area contributed by atoms with Gasteiger partial charge in [0, 0.05) is 43.0 Å². The Kier molecular flexibility index (Phi) is 8.31. The molecule has 8 heteroatoms. The van der Waals surface area contributed by atoms with Crippen molar-refractivity contribution < 1.29 is 9.59 Å². The van der Waals surface area contributed by atoms with Gasteiger partial charge >= 0.3 is 0 Å². The normalized spacial score (nSPS) is 16.8. The molecule has 1 aromatic carbocycles. The molecule has 2 aromatic heterocycles. The van der Waals surface area contributed by atoms with Gasteiger partial charge in [0.05, 0.1) is 23.0 Å². The Balaban J connectivity index is 1.28. The van der Waals surface area contributed by atoms with Crippen LogP contribution in [0.5, 0.6) is 0 Å². The van der Waals surface area contributed by atoms with Crippen LogP contribution in [-0.2, 0) is 16.6 Å². The Morgan fingerprint density at radius 2 is 1.54 bits per heavy atom. The van der Waals surface area contributed by atoms with E-state index in [1.807, 2.05) is 53.7 Å². The van der Waals surface area contributed by atoms with Gasteiger partial charge in [0.25, 0.3) is 5.91 Å². The molecule has 206 valence electrons. The lowest BCUT2D eigenvalue weighted by atomic mass is 9.95. The Labute approximate surface area is 235 Å². The van der Waals surface area contributed by atoms with Gasteiger partial charge in [-0.1, -0.05) is 45.0 Å². The summed E-state index contributed by atoms with van der Waals surface area (Å²) in [4.78, 5) is 41.9. The zero-order valence-corrected chi connectivity index (χ0v) is 24.1. The van der Waals surface area contributed by atoms with Crippen LogP contribution >= 0.6 is 11.3 Å². The zero-order valence-electron chi connectivity index (χ0n) is 23.3. The van der Waals surface area contributed by atoms with Gasteiger partial charge in [-0.25, -0.2) is 9.97 Å². The number of piperidine rings is 1. The van der Waals surface area contributed by atoms with E-state index in [0.717, 1.165) is 60.7 Å². The quantitative estimate of drug-likeness (QED) is 0.427. The lowest BCUT2D eigenvalue weighted by molar-refractivity contribution is -0.132. The summed E-state index contributed by atoms with van der Waals surface area (Å²) in [5.41, 5.74) is 2.98. The molecule has 39 heavy (non-hydrogen) atoms. The Bertz CT molecular complexity index is 1270. The minimum atomic E-state index is -0.610. The second kappa shape index (κ2) is 11.9. The largest absolute Gasteiger partial charge is 0.369 e. The van der Waals surface area contributed by atoms with Crippen LogP contribution in [0.4, 0.5) is 5.69 Å². The third kappa shape index (κ3) is 6.67. The summed E-state index contributed by atoms with van der Waals surface area (Å²) in [7, 11) is 0. The molecule has 0 aliphatic carbocycles.